The zero-order valence-electron chi connectivity index (χ0n) is 8.09. The van der Waals surface area contributed by atoms with Crippen molar-refractivity contribution in [3.05, 3.63) is 28.8 Å². The highest BCUT2D eigenvalue weighted by molar-refractivity contribution is 6.30. The second kappa shape index (κ2) is 3.44. The zero-order valence-corrected chi connectivity index (χ0v) is 8.84. The SMILES string of the molecule is COc1cc(Cl)cc(C2(O)CCC2)c1. The Hall–Kier alpha value is -0.730. The molecule has 0 radical (unpaired) electrons. The summed E-state index contributed by atoms with van der Waals surface area (Å²) in [5.41, 5.74) is 0.200. The van der Waals surface area contributed by atoms with Gasteiger partial charge >= 0.3 is 0 Å². The normalized spacial score (nSPS) is 18.8. The molecule has 0 saturated heterocycles. The largest absolute Gasteiger partial charge is 0.497 e. The minimum atomic E-state index is -0.668. The van der Waals surface area contributed by atoms with E-state index in [1.54, 1.807) is 13.2 Å². The standard InChI is InChI=1S/C11H13ClO2/c1-14-10-6-8(5-9(12)7-10)11(13)3-2-4-11/h5-7,13H,2-4H2,1H3. The van der Waals surface area contributed by atoms with E-state index in [1.165, 1.54) is 0 Å². The van der Waals surface area contributed by atoms with E-state index in [2.05, 4.69) is 0 Å². The van der Waals surface area contributed by atoms with Gasteiger partial charge in [0.1, 0.15) is 5.75 Å². The molecule has 1 N–H and O–H groups in total. The van der Waals surface area contributed by atoms with Crippen molar-refractivity contribution >= 4 is 11.6 Å². The fourth-order valence-electron chi connectivity index (χ4n) is 1.75. The van der Waals surface area contributed by atoms with E-state index in [0.29, 0.717) is 10.8 Å². The smallest absolute Gasteiger partial charge is 0.120 e. The molecule has 0 aromatic heterocycles. The third-order valence-corrected chi connectivity index (χ3v) is 3.04. The number of hydrogen-bond donors (Lipinski definition) is 1. The number of ether oxygens (including phenoxy) is 1. The van der Waals surface area contributed by atoms with Crippen LogP contribution >= 0.6 is 11.6 Å². The van der Waals surface area contributed by atoms with Crippen LogP contribution in [-0.4, -0.2) is 12.2 Å². The van der Waals surface area contributed by atoms with Gasteiger partial charge in [0.25, 0.3) is 0 Å². The maximum Gasteiger partial charge on any atom is 0.120 e. The lowest BCUT2D eigenvalue weighted by molar-refractivity contribution is -0.0389. The predicted octanol–water partition coefficient (Wildman–Crippen LogP) is 2.72. The molecule has 0 aliphatic heterocycles. The quantitative estimate of drug-likeness (QED) is 0.817. The van der Waals surface area contributed by atoms with Crippen molar-refractivity contribution in [3.63, 3.8) is 0 Å². The van der Waals surface area contributed by atoms with Crippen molar-refractivity contribution in [2.75, 3.05) is 7.11 Å². The Morgan fingerprint density at radius 1 is 1.36 bits per heavy atom. The van der Waals surface area contributed by atoms with Crippen LogP contribution in [0.5, 0.6) is 5.75 Å². The summed E-state index contributed by atoms with van der Waals surface area (Å²) in [7, 11) is 1.60. The van der Waals surface area contributed by atoms with Gasteiger partial charge in [-0.1, -0.05) is 11.6 Å². The molecule has 2 rings (SSSR count). The van der Waals surface area contributed by atoms with E-state index in [-0.39, 0.29) is 0 Å². The van der Waals surface area contributed by atoms with Crippen LogP contribution in [0.4, 0.5) is 0 Å². The van der Waals surface area contributed by atoms with Gasteiger partial charge in [-0.3, -0.25) is 0 Å². The van der Waals surface area contributed by atoms with E-state index >= 15 is 0 Å². The van der Waals surface area contributed by atoms with Gasteiger partial charge in [0.15, 0.2) is 0 Å². The molecule has 0 atom stereocenters. The Bertz CT molecular complexity index is 345. The minimum absolute atomic E-state index is 0.611. The fraction of sp³-hybridized carbons (Fsp3) is 0.455. The van der Waals surface area contributed by atoms with Crippen molar-refractivity contribution in [2.24, 2.45) is 0 Å². The van der Waals surface area contributed by atoms with E-state index in [0.717, 1.165) is 24.8 Å². The molecule has 0 unspecified atom stereocenters. The second-order valence-corrected chi connectivity index (χ2v) is 4.20. The Morgan fingerprint density at radius 2 is 2.07 bits per heavy atom. The lowest BCUT2D eigenvalue weighted by Gasteiger charge is -2.37. The predicted molar refractivity (Wildman–Crippen MR) is 55.8 cm³/mol. The molecule has 1 aliphatic carbocycles. The number of rotatable bonds is 2. The highest BCUT2D eigenvalue weighted by Gasteiger charge is 2.36. The van der Waals surface area contributed by atoms with Crippen LogP contribution in [0.15, 0.2) is 18.2 Å². The Balaban J connectivity index is 2.37. The summed E-state index contributed by atoms with van der Waals surface area (Å²) in [4.78, 5) is 0. The van der Waals surface area contributed by atoms with Gasteiger partial charge < -0.3 is 9.84 Å². The highest BCUT2D eigenvalue weighted by atomic mass is 35.5. The number of benzene rings is 1. The molecule has 0 bridgehead atoms. The van der Waals surface area contributed by atoms with Crippen LogP contribution in [0.25, 0.3) is 0 Å². The van der Waals surface area contributed by atoms with Crippen molar-refractivity contribution in [1.82, 2.24) is 0 Å². The summed E-state index contributed by atoms with van der Waals surface area (Å²) in [5, 5.41) is 10.7. The molecule has 1 aromatic rings. The van der Waals surface area contributed by atoms with Gasteiger partial charge in [0.05, 0.1) is 12.7 Å². The summed E-state index contributed by atoms with van der Waals surface area (Å²) >= 11 is 5.92. The average molecular weight is 213 g/mol. The summed E-state index contributed by atoms with van der Waals surface area (Å²) < 4.78 is 5.10. The third-order valence-electron chi connectivity index (χ3n) is 2.83. The molecule has 3 heteroatoms. The maximum atomic E-state index is 10.1. The average Bonchev–Trinajstić information content (AvgIpc) is 2.13. The Labute approximate surface area is 88.5 Å². The van der Waals surface area contributed by atoms with E-state index in [9.17, 15) is 5.11 Å². The zero-order chi connectivity index (χ0) is 10.2. The van der Waals surface area contributed by atoms with Crippen LogP contribution in [-0.2, 0) is 5.60 Å². The van der Waals surface area contributed by atoms with E-state index < -0.39 is 5.60 Å². The maximum absolute atomic E-state index is 10.1. The molecule has 0 spiro atoms. The summed E-state index contributed by atoms with van der Waals surface area (Å²) in [6, 6.07) is 5.40. The molecule has 0 heterocycles. The van der Waals surface area contributed by atoms with Gasteiger partial charge in [-0.2, -0.15) is 0 Å². The first kappa shape index (κ1) is 9.81. The topological polar surface area (TPSA) is 29.5 Å². The lowest BCUT2D eigenvalue weighted by Crippen LogP contribution is -2.33. The van der Waals surface area contributed by atoms with Crippen molar-refractivity contribution in [2.45, 2.75) is 24.9 Å². The molecular weight excluding hydrogens is 200 g/mol. The molecule has 1 saturated carbocycles. The molecule has 76 valence electrons. The molecule has 1 aliphatic rings. The van der Waals surface area contributed by atoms with Crippen LogP contribution in [0.1, 0.15) is 24.8 Å². The van der Waals surface area contributed by atoms with Gasteiger partial charge in [0, 0.05) is 5.02 Å². The monoisotopic (exact) mass is 212 g/mol. The first-order valence-electron chi connectivity index (χ1n) is 4.71. The first-order valence-corrected chi connectivity index (χ1v) is 5.09. The first-order chi connectivity index (χ1) is 6.64. The number of methoxy groups -OCH3 is 1. The molecule has 1 fully saturated rings. The lowest BCUT2D eigenvalue weighted by atomic mass is 9.75. The number of hydrogen-bond acceptors (Lipinski definition) is 2. The molecule has 14 heavy (non-hydrogen) atoms. The number of halogens is 1. The van der Waals surface area contributed by atoms with Crippen LogP contribution < -0.4 is 4.74 Å². The minimum Gasteiger partial charge on any atom is -0.497 e. The van der Waals surface area contributed by atoms with Crippen molar-refractivity contribution in [3.8, 4) is 5.75 Å². The molecule has 0 amide bonds. The van der Waals surface area contributed by atoms with Gasteiger partial charge in [-0.05, 0) is 43.0 Å². The van der Waals surface area contributed by atoms with Crippen LogP contribution in [0.3, 0.4) is 0 Å². The second-order valence-electron chi connectivity index (χ2n) is 3.76. The van der Waals surface area contributed by atoms with Gasteiger partial charge in [-0.15, -0.1) is 0 Å². The van der Waals surface area contributed by atoms with E-state index in [1.807, 2.05) is 12.1 Å². The fourth-order valence-corrected chi connectivity index (χ4v) is 1.97. The van der Waals surface area contributed by atoms with Crippen LogP contribution in [0.2, 0.25) is 5.02 Å². The Kier molecular flexibility index (Phi) is 2.41. The van der Waals surface area contributed by atoms with Crippen molar-refractivity contribution < 1.29 is 9.84 Å². The summed E-state index contributed by atoms with van der Waals surface area (Å²) in [6.07, 6.45) is 2.71. The third kappa shape index (κ3) is 1.60. The number of aliphatic hydroxyl groups is 1. The highest BCUT2D eigenvalue weighted by Crippen LogP contribution is 2.42. The van der Waals surface area contributed by atoms with Crippen molar-refractivity contribution in [1.29, 1.82) is 0 Å². The Morgan fingerprint density at radius 3 is 2.57 bits per heavy atom. The van der Waals surface area contributed by atoms with Gasteiger partial charge in [0.2, 0.25) is 0 Å². The van der Waals surface area contributed by atoms with Gasteiger partial charge in [-0.25, -0.2) is 0 Å². The summed E-state index contributed by atoms with van der Waals surface area (Å²) in [6.45, 7) is 0. The van der Waals surface area contributed by atoms with E-state index in [4.69, 9.17) is 16.3 Å². The molecule has 2 nitrogen and oxygen atoms in total. The summed E-state index contributed by atoms with van der Waals surface area (Å²) in [5.74, 6) is 0.702. The van der Waals surface area contributed by atoms with Crippen LogP contribution in [0, 0.1) is 0 Å². The molecule has 1 aromatic carbocycles. The molecular formula is C11H13ClO2.